The molecule has 0 heterocycles. The van der Waals surface area contributed by atoms with Crippen molar-refractivity contribution < 1.29 is 4.39 Å². The summed E-state index contributed by atoms with van der Waals surface area (Å²) in [6.45, 7) is 1.85. The number of hydrogen-bond donors (Lipinski definition) is 2. The lowest BCUT2D eigenvalue weighted by atomic mass is 10.2. The lowest BCUT2D eigenvalue weighted by Gasteiger charge is -2.10. The molecular formula is C13H12BrFN2. The normalized spacial score (nSPS) is 10.3. The topological polar surface area (TPSA) is 38.0 Å². The molecule has 0 unspecified atom stereocenters. The highest BCUT2D eigenvalue weighted by Crippen LogP contribution is 2.27. The highest BCUT2D eigenvalue weighted by Gasteiger charge is 2.05. The predicted molar refractivity (Wildman–Crippen MR) is 73.0 cm³/mol. The number of nitrogen functional groups attached to an aromatic ring is 1. The largest absolute Gasteiger partial charge is 0.397 e. The Kier molecular flexibility index (Phi) is 3.33. The third-order valence-electron chi connectivity index (χ3n) is 2.41. The van der Waals surface area contributed by atoms with Gasteiger partial charge in [-0.25, -0.2) is 4.39 Å². The van der Waals surface area contributed by atoms with Crippen LogP contribution < -0.4 is 11.1 Å². The Hall–Kier alpha value is -1.55. The summed E-state index contributed by atoms with van der Waals surface area (Å²) in [5.74, 6) is -0.285. The van der Waals surface area contributed by atoms with Crippen LogP contribution in [0.15, 0.2) is 40.9 Å². The lowest BCUT2D eigenvalue weighted by Crippen LogP contribution is -1.98. The maximum Gasteiger partial charge on any atom is 0.146 e. The lowest BCUT2D eigenvalue weighted by molar-refractivity contribution is 0.631. The Balaban J connectivity index is 2.31. The molecule has 0 fully saturated rings. The minimum Gasteiger partial charge on any atom is -0.397 e. The van der Waals surface area contributed by atoms with Crippen molar-refractivity contribution in [3.05, 3.63) is 52.3 Å². The van der Waals surface area contributed by atoms with Crippen molar-refractivity contribution in [3.8, 4) is 0 Å². The fourth-order valence-electron chi connectivity index (χ4n) is 1.51. The van der Waals surface area contributed by atoms with Crippen molar-refractivity contribution in [3.63, 3.8) is 0 Å². The third kappa shape index (κ3) is 2.77. The highest BCUT2D eigenvalue weighted by atomic mass is 79.9. The van der Waals surface area contributed by atoms with Crippen molar-refractivity contribution in [1.82, 2.24) is 0 Å². The van der Waals surface area contributed by atoms with Crippen LogP contribution in [0.25, 0.3) is 0 Å². The monoisotopic (exact) mass is 294 g/mol. The van der Waals surface area contributed by atoms with Crippen LogP contribution in [-0.2, 0) is 0 Å². The number of halogens is 2. The van der Waals surface area contributed by atoms with Gasteiger partial charge < -0.3 is 11.1 Å². The summed E-state index contributed by atoms with van der Waals surface area (Å²) in [5.41, 5.74) is 8.40. The molecule has 0 saturated carbocycles. The van der Waals surface area contributed by atoms with E-state index in [1.165, 1.54) is 6.07 Å². The molecule has 4 heteroatoms. The summed E-state index contributed by atoms with van der Waals surface area (Å²) in [7, 11) is 0. The minimum atomic E-state index is -0.285. The molecule has 3 N–H and O–H groups in total. The van der Waals surface area contributed by atoms with E-state index >= 15 is 0 Å². The first kappa shape index (κ1) is 11.9. The molecule has 0 atom stereocenters. The van der Waals surface area contributed by atoms with Gasteiger partial charge in [0, 0.05) is 4.47 Å². The Labute approximate surface area is 108 Å². The Morgan fingerprint density at radius 3 is 2.47 bits per heavy atom. The van der Waals surface area contributed by atoms with Gasteiger partial charge in [0.25, 0.3) is 0 Å². The van der Waals surface area contributed by atoms with Crippen molar-refractivity contribution in [2.45, 2.75) is 6.92 Å². The molecule has 0 aliphatic rings. The standard InChI is InChI=1S/C13H12BrFN2/c1-8-2-4-12(10(15)6-8)17-13-5-3-9(14)7-11(13)16/h2-7,17H,16H2,1H3. The second-order valence-corrected chi connectivity index (χ2v) is 4.76. The number of benzene rings is 2. The van der Waals surface area contributed by atoms with E-state index in [4.69, 9.17) is 5.73 Å². The van der Waals surface area contributed by atoms with Crippen LogP contribution in [-0.4, -0.2) is 0 Å². The molecule has 0 bridgehead atoms. The van der Waals surface area contributed by atoms with Gasteiger partial charge in [0.1, 0.15) is 5.82 Å². The summed E-state index contributed by atoms with van der Waals surface area (Å²) in [5, 5.41) is 2.97. The number of aryl methyl sites for hydroxylation is 1. The van der Waals surface area contributed by atoms with E-state index in [2.05, 4.69) is 21.2 Å². The van der Waals surface area contributed by atoms with Crippen molar-refractivity contribution >= 4 is 33.0 Å². The van der Waals surface area contributed by atoms with E-state index in [0.29, 0.717) is 17.1 Å². The number of nitrogens with two attached hydrogens (primary N) is 1. The van der Waals surface area contributed by atoms with Gasteiger partial charge in [0.05, 0.1) is 17.1 Å². The van der Waals surface area contributed by atoms with Crippen LogP contribution >= 0.6 is 15.9 Å². The summed E-state index contributed by atoms with van der Waals surface area (Å²) in [4.78, 5) is 0. The van der Waals surface area contributed by atoms with Gasteiger partial charge >= 0.3 is 0 Å². The van der Waals surface area contributed by atoms with E-state index < -0.39 is 0 Å². The van der Waals surface area contributed by atoms with Gasteiger partial charge in [-0.2, -0.15) is 0 Å². The zero-order valence-electron chi connectivity index (χ0n) is 9.30. The highest BCUT2D eigenvalue weighted by molar-refractivity contribution is 9.10. The minimum absolute atomic E-state index is 0.285. The first-order valence-electron chi connectivity index (χ1n) is 5.14. The molecule has 17 heavy (non-hydrogen) atoms. The van der Waals surface area contributed by atoms with Crippen LogP contribution in [0.2, 0.25) is 0 Å². The van der Waals surface area contributed by atoms with Gasteiger partial charge in [0.2, 0.25) is 0 Å². The van der Waals surface area contributed by atoms with Gasteiger partial charge in [-0.05, 0) is 42.8 Å². The fourth-order valence-corrected chi connectivity index (χ4v) is 1.89. The van der Waals surface area contributed by atoms with E-state index in [1.807, 2.05) is 19.1 Å². The van der Waals surface area contributed by atoms with Crippen molar-refractivity contribution in [2.75, 3.05) is 11.1 Å². The average molecular weight is 295 g/mol. The Morgan fingerprint density at radius 1 is 1.12 bits per heavy atom. The summed E-state index contributed by atoms with van der Waals surface area (Å²) >= 11 is 3.32. The van der Waals surface area contributed by atoms with Gasteiger partial charge in [0.15, 0.2) is 0 Å². The maximum atomic E-state index is 13.6. The summed E-state index contributed by atoms with van der Waals surface area (Å²) < 4.78 is 14.5. The number of nitrogens with one attached hydrogen (secondary N) is 1. The predicted octanol–water partition coefficient (Wildman–Crippen LogP) is 4.22. The quantitative estimate of drug-likeness (QED) is 0.814. The Morgan fingerprint density at radius 2 is 1.82 bits per heavy atom. The molecule has 0 spiro atoms. The smallest absolute Gasteiger partial charge is 0.146 e. The van der Waals surface area contributed by atoms with Gasteiger partial charge in [-0.15, -0.1) is 0 Å². The third-order valence-corrected chi connectivity index (χ3v) is 2.90. The zero-order valence-corrected chi connectivity index (χ0v) is 10.9. The second kappa shape index (κ2) is 4.75. The summed E-state index contributed by atoms with van der Waals surface area (Å²) in [6, 6.07) is 10.5. The van der Waals surface area contributed by atoms with Crippen LogP contribution in [0.3, 0.4) is 0 Å². The van der Waals surface area contributed by atoms with E-state index in [-0.39, 0.29) is 5.82 Å². The number of hydrogen-bond acceptors (Lipinski definition) is 2. The van der Waals surface area contributed by atoms with E-state index in [0.717, 1.165) is 10.0 Å². The average Bonchev–Trinajstić information content (AvgIpc) is 2.25. The molecule has 2 rings (SSSR count). The molecule has 0 aliphatic heterocycles. The van der Waals surface area contributed by atoms with Crippen LogP contribution in [0.5, 0.6) is 0 Å². The molecule has 2 nitrogen and oxygen atoms in total. The van der Waals surface area contributed by atoms with Crippen LogP contribution in [0, 0.1) is 12.7 Å². The molecular weight excluding hydrogens is 283 g/mol. The first-order chi connectivity index (χ1) is 8.06. The molecule has 2 aromatic carbocycles. The zero-order chi connectivity index (χ0) is 12.4. The summed E-state index contributed by atoms with van der Waals surface area (Å²) in [6.07, 6.45) is 0. The first-order valence-corrected chi connectivity index (χ1v) is 5.94. The van der Waals surface area contributed by atoms with Crippen molar-refractivity contribution in [2.24, 2.45) is 0 Å². The van der Waals surface area contributed by atoms with Crippen LogP contribution in [0.1, 0.15) is 5.56 Å². The Bertz CT molecular complexity index is 506. The molecule has 88 valence electrons. The SMILES string of the molecule is Cc1ccc(Nc2ccc(Br)cc2N)c(F)c1. The van der Waals surface area contributed by atoms with E-state index in [9.17, 15) is 4.39 Å². The molecule has 0 saturated heterocycles. The fraction of sp³-hybridized carbons (Fsp3) is 0.0769. The van der Waals surface area contributed by atoms with E-state index in [1.54, 1.807) is 18.2 Å². The molecule has 0 amide bonds. The molecule has 0 radical (unpaired) electrons. The van der Waals surface area contributed by atoms with Crippen molar-refractivity contribution in [1.29, 1.82) is 0 Å². The molecule has 0 aromatic heterocycles. The van der Waals surface area contributed by atoms with Gasteiger partial charge in [-0.1, -0.05) is 22.0 Å². The molecule has 2 aromatic rings. The second-order valence-electron chi connectivity index (χ2n) is 3.84. The molecule has 0 aliphatic carbocycles. The van der Waals surface area contributed by atoms with Gasteiger partial charge in [-0.3, -0.25) is 0 Å². The number of rotatable bonds is 2. The van der Waals surface area contributed by atoms with Crippen LogP contribution in [0.4, 0.5) is 21.5 Å². The maximum absolute atomic E-state index is 13.6. The number of anilines is 3.